The summed E-state index contributed by atoms with van der Waals surface area (Å²) in [6.45, 7) is 6.09. The fourth-order valence-corrected chi connectivity index (χ4v) is 3.88. The van der Waals surface area contributed by atoms with Crippen molar-refractivity contribution in [2.75, 3.05) is 0 Å². The van der Waals surface area contributed by atoms with Gasteiger partial charge in [0.2, 0.25) is 0 Å². The minimum atomic E-state index is -0.582. The zero-order valence-corrected chi connectivity index (χ0v) is 12.5. The van der Waals surface area contributed by atoms with Gasteiger partial charge in [-0.1, -0.05) is 25.5 Å². The van der Waals surface area contributed by atoms with Crippen LogP contribution in [0.25, 0.3) is 0 Å². The van der Waals surface area contributed by atoms with Crippen LogP contribution in [0.1, 0.15) is 40.0 Å². The molecule has 3 aliphatic rings. The van der Waals surface area contributed by atoms with Crippen LogP contribution in [-0.4, -0.2) is 36.5 Å². The van der Waals surface area contributed by atoms with Crippen molar-refractivity contribution < 1.29 is 19.0 Å². The van der Waals surface area contributed by atoms with Crippen LogP contribution in [0.2, 0.25) is 0 Å². The zero-order chi connectivity index (χ0) is 14.3. The predicted octanol–water partition coefficient (Wildman–Crippen LogP) is 2.47. The molecule has 0 aliphatic carbocycles. The summed E-state index contributed by atoms with van der Waals surface area (Å²) in [5.74, 6) is -0.530. The fourth-order valence-electron chi connectivity index (χ4n) is 3.88. The number of rotatable bonds is 4. The van der Waals surface area contributed by atoms with Gasteiger partial charge in [0.25, 0.3) is 0 Å². The molecule has 0 spiro atoms. The van der Waals surface area contributed by atoms with E-state index in [0.717, 1.165) is 25.5 Å². The molecule has 0 aromatic rings. The molecule has 0 aromatic carbocycles. The quantitative estimate of drug-likeness (QED) is 0.586. The molecule has 0 N–H and O–H groups in total. The van der Waals surface area contributed by atoms with Gasteiger partial charge in [0, 0.05) is 12.3 Å². The van der Waals surface area contributed by atoms with Crippen LogP contribution >= 0.6 is 0 Å². The molecule has 3 rings (SSSR count). The highest BCUT2D eigenvalue weighted by molar-refractivity contribution is 5.58. The van der Waals surface area contributed by atoms with E-state index in [0.29, 0.717) is 0 Å². The maximum absolute atomic E-state index is 11.4. The molecule has 0 unspecified atom stereocenters. The van der Waals surface area contributed by atoms with Crippen molar-refractivity contribution in [2.45, 2.75) is 70.2 Å². The Bertz CT molecular complexity index is 403. The van der Waals surface area contributed by atoms with Crippen LogP contribution in [0.15, 0.2) is 12.2 Å². The van der Waals surface area contributed by atoms with Crippen molar-refractivity contribution in [2.24, 2.45) is 11.8 Å². The number of aldehydes is 1. The van der Waals surface area contributed by atoms with E-state index in [-0.39, 0.29) is 36.3 Å². The van der Waals surface area contributed by atoms with Gasteiger partial charge in [0.05, 0.1) is 30.3 Å². The first kappa shape index (κ1) is 14.2. The minimum Gasteiger partial charge on any atom is -0.366 e. The first-order chi connectivity index (χ1) is 9.54. The molecule has 3 aliphatic heterocycles. The Morgan fingerprint density at radius 2 is 2.00 bits per heavy atom. The van der Waals surface area contributed by atoms with Gasteiger partial charge in [0.1, 0.15) is 6.29 Å². The molecule has 0 amide bonds. The molecule has 4 heteroatoms. The average Bonchev–Trinajstić information content (AvgIpc) is 2.96. The van der Waals surface area contributed by atoms with E-state index in [1.807, 2.05) is 19.9 Å². The molecule has 112 valence electrons. The summed E-state index contributed by atoms with van der Waals surface area (Å²) in [5, 5.41) is 0. The molecule has 4 nitrogen and oxygen atoms in total. The lowest BCUT2D eigenvalue weighted by atomic mass is 9.78. The molecule has 0 saturated carbocycles. The average molecular weight is 280 g/mol. The minimum absolute atomic E-state index is 0.0244. The number of ether oxygens (including phenoxy) is 3. The lowest BCUT2D eigenvalue weighted by Gasteiger charge is -2.44. The van der Waals surface area contributed by atoms with Gasteiger partial charge in [-0.25, -0.2) is 0 Å². The number of hydrogen-bond acceptors (Lipinski definition) is 4. The number of carbonyl (C=O) groups is 1. The maximum Gasteiger partial charge on any atom is 0.163 e. The summed E-state index contributed by atoms with van der Waals surface area (Å²) in [6, 6.07) is 0. The lowest BCUT2D eigenvalue weighted by molar-refractivity contribution is -0.311. The van der Waals surface area contributed by atoms with E-state index in [9.17, 15) is 4.79 Å². The summed E-state index contributed by atoms with van der Waals surface area (Å²) < 4.78 is 17.9. The van der Waals surface area contributed by atoms with Gasteiger partial charge in [-0.15, -0.1) is 0 Å². The van der Waals surface area contributed by atoms with Gasteiger partial charge < -0.3 is 19.0 Å². The molecule has 2 saturated heterocycles. The molecule has 0 radical (unpaired) electrons. The first-order valence-electron chi connectivity index (χ1n) is 7.69. The summed E-state index contributed by atoms with van der Waals surface area (Å²) >= 11 is 0. The molecule has 3 heterocycles. The number of carbonyl (C=O) groups excluding carboxylic acids is 1. The van der Waals surface area contributed by atoms with Gasteiger partial charge in [-0.05, 0) is 20.3 Å². The summed E-state index contributed by atoms with van der Waals surface area (Å²) in [5.41, 5.74) is 0. The zero-order valence-electron chi connectivity index (χ0n) is 12.5. The Labute approximate surface area is 120 Å². The fraction of sp³-hybridized carbons (Fsp3) is 0.812. The van der Waals surface area contributed by atoms with Crippen LogP contribution in [0.4, 0.5) is 0 Å². The lowest BCUT2D eigenvalue weighted by Crippen LogP contribution is -2.50. The Morgan fingerprint density at radius 3 is 2.70 bits per heavy atom. The molecule has 2 bridgehead atoms. The Balaban J connectivity index is 1.78. The molecule has 0 aromatic heterocycles. The van der Waals surface area contributed by atoms with Crippen molar-refractivity contribution in [3.8, 4) is 0 Å². The van der Waals surface area contributed by atoms with Crippen molar-refractivity contribution in [1.29, 1.82) is 0 Å². The molecule has 6 atom stereocenters. The van der Waals surface area contributed by atoms with Crippen LogP contribution in [0.5, 0.6) is 0 Å². The van der Waals surface area contributed by atoms with Crippen LogP contribution in [0.3, 0.4) is 0 Å². The van der Waals surface area contributed by atoms with Crippen LogP contribution < -0.4 is 0 Å². The van der Waals surface area contributed by atoms with E-state index < -0.39 is 5.79 Å². The predicted molar refractivity (Wildman–Crippen MR) is 74.2 cm³/mol. The van der Waals surface area contributed by atoms with Gasteiger partial charge in [-0.3, -0.25) is 0 Å². The highest BCUT2D eigenvalue weighted by Crippen LogP contribution is 2.44. The van der Waals surface area contributed by atoms with E-state index in [2.05, 4.69) is 13.0 Å². The van der Waals surface area contributed by atoms with Crippen molar-refractivity contribution in [3.63, 3.8) is 0 Å². The monoisotopic (exact) mass is 280 g/mol. The van der Waals surface area contributed by atoms with Crippen molar-refractivity contribution in [1.82, 2.24) is 0 Å². The summed E-state index contributed by atoms with van der Waals surface area (Å²) in [6.07, 6.45) is 8.33. The topological polar surface area (TPSA) is 44.8 Å². The van der Waals surface area contributed by atoms with Gasteiger partial charge >= 0.3 is 0 Å². The summed E-state index contributed by atoms with van der Waals surface area (Å²) in [4.78, 5) is 11.4. The van der Waals surface area contributed by atoms with E-state index in [1.54, 1.807) is 0 Å². The van der Waals surface area contributed by atoms with Crippen molar-refractivity contribution >= 4 is 6.29 Å². The molecule has 2 fully saturated rings. The van der Waals surface area contributed by atoms with Crippen LogP contribution in [-0.2, 0) is 19.0 Å². The SMILES string of the molecule is CCC[C@H]1C[C@H]([C@@H]2[C@H](C=O)[C@H]3C=C[C@@H]2O3)OC(C)(C)O1. The summed E-state index contributed by atoms with van der Waals surface area (Å²) in [7, 11) is 0. The van der Waals surface area contributed by atoms with E-state index >= 15 is 0 Å². The largest absolute Gasteiger partial charge is 0.366 e. The third-order valence-corrected chi connectivity index (χ3v) is 4.59. The molecular weight excluding hydrogens is 256 g/mol. The van der Waals surface area contributed by atoms with E-state index in [1.165, 1.54) is 0 Å². The number of hydrogen-bond donors (Lipinski definition) is 0. The normalized spacial score (nSPS) is 45.8. The van der Waals surface area contributed by atoms with Crippen LogP contribution in [0, 0.1) is 11.8 Å². The third kappa shape index (κ3) is 2.45. The Kier molecular flexibility index (Phi) is 3.73. The maximum atomic E-state index is 11.4. The Hall–Kier alpha value is -0.710. The standard InChI is InChI=1S/C16H24O4/c1-4-5-10-8-14(20-16(2,3)19-10)15-11(9-17)12-6-7-13(15)18-12/h6-7,9-15H,4-5,8H2,1-3H3/t10-,11+,12+,13-,14+,15+/m0/s1. The van der Waals surface area contributed by atoms with Gasteiger partial charge in [-0.2, -0.15) is 0 Å². The second-order valence-corrected chi connectivity index (χ2v) is 6.56. The highest BCUT2D eigenvalue weighted by Gasteiger charge is 2.52. The second kappa shape index (κ2) is 5.24. The van der Waals surface area contributed by atoms with Crippen molar-refractivity contribution in [3.05, 3.63) is 12.2 Å². The Morgan fingerprint density at radius 1 is 1.25 bits per heavy atom. The van der Waals surface area contributed by atoms with Gasteiger partial charge in [0.15, 0.2) is 5.79 Å². The number of fused-ring (bicyclic) bond motifs is 2. The third-order valence-electron chi connectivity index (χ3n) is 4.59. The first-order valence-corrected chi connectivity index (χ1v) is 7.69. The molecular formula is C16H24O4. The second-order valence-electron chi connectivity index (χ2n) is 6.56. The highest BCUT2D eigenvalue weighted by atomic mass is 16.7. The van der Waals surface area contributed by atoms with E-state index in [4.69, 9.17) is 14.2 Å². The smallest absolute Gasteiger partial charge is 0.163 e. The molecule has 20 heavy (non-hydrogen) atoms.